The molecular formula is C21H24N2O4. The fourth-order valence-electron chi connectivity index (χ4n) is 2.82. The summed E-state index contributed by atoms with van der Waals surface area (Å²) in [7, 11) is 0. The molecule has 2 aromatic carbocycles. The summed E-state index contributed by atoms with van der Waals surface area (Å²) in [5.74, 6) is 1.20. The maximum absolute atomic E-state index is 12.2. The second-order valence-electron chi connectivity index (χ2n) is 6.46. The van der Waals surface area contributed by atoms with Crippen molar-refractivity contribution in [3.8, 4) is 11.5 Å². The molecule has 0 aromatic heterocycles. The van der Waals surface area contributed by atoms with Crippen LogP contribution in [0.1, 0.15) is 43.0 Å². The standard InChI is InChI=1S/C21H24N2O4/c1-4-18(16-7-5-14(2)6-8-16)22-21(24)12-27-23-15(3)17-9-10-19-20(11-17)26-13-25-19/h5-11,18H,4,12-13H2,1-3H3,(H,22,24)/b23-15-. The van der Waals surface area contributed by atoms with Gasteiger partial charge in [0.2, 0.25) is 6.79 Å². The van der Waals surface area contributed by atoms with Gasteiger partial charge in [0.1, 0.15) is 0 Å². The van der Waals surface area contributed by atoms with E-state index in [1.54, 1.807) is 0 Å². The van der Waals surface area contributed by atoms with Crippen molar-refractivity contribution in [2.45, 2.75) is 33.2 Å². The minimum atomic E-state index is -0.204. The van der Waals surface area contributed by atoms with Crippen LogP contribution >= 0.6 is 0 Å². The van der Waals surface area contributed by atoms with Crippen molar-refractivity contribution < 1.29 is 19.1 Å². The third-order valence-corrected chi connectivity index (χ3v) is 4.41. The van der Waals surface area contributed by atoms with E-state index in [1.807, 2.05) is 63.2 Å². The zero-order valence-electron chi connectivity index (χ0n) is 15.8. The van der Waals surface area contributed by atoms with Gasteiger partial charge in [0, 0.05) is 5.56 Å². The molecule has 3 rings (SSSR count). The second-order valence-corrected chi connectivity index (χ2v) is 6.46. The minimum Gasteiger partial charge on any atom is -0.454 e. The highest BCUT2D eigenvalue weighted by molar-refractivity contribution is 5.99. The molecule has 6 heteroatoms. The van der Waals surface area contributed by atoms with Crippen molar-refractivity contribution in [2.24, 2.45) is 5.16 Å². The lowest BCUT2D eigenvalue weighted by atomic mass is 10.0. The van der Waals surface area contributed by atoms with Gasteiger partial charge in [-0.25, -0.2) is 0 Å². The van der Waals surface area contributed by atoms with Crippen LogP contribution < -0.4 is 14.8 Å². The zero-order chi connectivity index (χ0) is 19.2. The molecule has 0 aliphatic carbocycles. The van der Waals surface area contributed by atoms with Crippen LogP contribution in [0.15, 0.2) is 47.6 Å². The number of amides is 1. The number of nitrogens with zero attached hydrogens (tertiary/aromatic N) is 1. The van der Waals surface area contributed by atoms with Crippen LogP contribution in [0, 0.1) is 6.92 Å². The molecule has 6 nitrogen and oxygen atoms in total. The van der Waals surface area contributed by atoms with Crippen LogP contribution in [0.25, 0.3) is 0 Å². The Morgan fingerprint density at radius 2 is 1.93 bits per heavy atom. The Kier molecular flexibility index (Phi) is 5.96. The highest BCUT2D eigenvalue weighted by atomic mass is 16.7. The number of nitrogens with one attached hydrogen (secondary N) is 1. The molecule has 0 saturated heterocycles. The van der Waals surface area contributed by atoms with Crippen molar-refractivity contribution in [1.82, 2.24) is 5.32 Å². The Morgan fingerprint density at radius 1 is 1.19 bits per heavy atom. The topological polar surface area (TPSA) is 69.2 Å². The molecule has 1 aliphatic heterocycles. The Morgan fingerprint density at radius 3 is 2.67 bits per heavy atom. The second kappa shape index (κ2) is 8.58. The van der Waals surface area contributed by atoms with Crippen molar-refractivity contribution >= 4 is 11.6 Å². The first-order chi connectivity index (χ1) is 13.1. The van der Waals surface area contributed by atoms with Crippen LogP contribution in [-0.2, 0) is 9.63 Å². The molecule has 1 heterocycles. The summed E-state index contributed by atoms with van der Waals surface area (Å²) in [4.78, 5) is 17.4. The third-order valence-electron chi connectivity index (χ3n) is 4.41. The number of hydrogen-bond acceptors (Lipinski definition) is 5. The average Bonchev–Trinajstić information content (AvgIpc) is 3.14. The van der Waals surface area contributed by atoms with Crippen LogP contribution in [0.5, 0.6) is 11.5 Å². The third kappa shape index (κ3) is 4.78. The molecule has 0 spiro atoms. The van der Waals surface area contributed by atoms with Gasteiger partial charge in [-0.2, -0.15) is 0 Å². The molecule has 1 atom stereocenters. The first kappa shape index (κ1) is 18.8. The highest BCUT2D eigenvalue weighted by Crippen LogP contribution is 2.32. The monoisotopic (exact) mass is 368 g/mol. The number of carbonyl (C=O) groups excluding carboxylic acids is 1. The molecule has 1 N–H and O–H groups in total. The number of ether oxygens (including phenoxy) is 2. The summed E-state index contributed by atoms with van der Waals surface area (Å²) in [6.07, 6.45) is 0.800. The summed E-state index contributed by atoms with van der Waals surface area (Å²) in [6, 6.07) is 13.7. The number of aryl methyl sites for hydroxylation is 1. The predicted molar refractivity (Wildman–Crippen MR) is 103 cm³/mol. The van der Waals surface area contributed by atoms with Crippen LogP contribution in [0.4, 0.5) is 0 Å². The zero-order valence-corrected chi connectivity index (χ0v) is 15.8. The fourth-order valence-corrected chi connectivity index (χ4v) is 2.82. The van der Waals surface area contributed by atoms with Crippen molar-refractivity contribution in [3.05, 3.63) is 59.2 Å². The van der Waals surface area contributed by atoms with E-state index in [9.17, 15) is 4.79 Å². The van der Waals surface area contributed by atoms with Crippen molar-refractivity contribution in [2.75, 3.05) is 13.4 Å². The lowest BCUT2D eigenvalue weighted by molar-refractivity contribution is -0.126. The number of carbonyl (C=O) groups is 1. The van der Waals surface area contributed by atoms with E-state index in [1.165, 1.54) is 5.56 Å². The highest BCUT2D eigenvalue weighted by Gasteiger charge is 2.15. The fraction of sp³-hybridized carbons (Fsp3) is 0.333. The Bertz CT molecular complexity index is 831. The average molecular weight is 368 g/mol. The largest absolute Gasteiger partial charge is 0.454 e. The van der Waals surface area contributed by atoms with Gasteiger partial charge >= 0.3 is 0 Å². The lowest BCUT2D eigenvalue weighted by Crippen LogP contribution is -2.31. The van der Waals surface area contributed by atoms with E-state index in [2.05, 4.69) is 10.5 Å². The van der Waals surface area contributed by atoms with Gasteiger partial charge in [0.25, 0.3) is 5.91 Å². The number of fused-ring (bicyclic) bond motifs is 1. The van der Waals surface area contributed by atoms with Crippen LogP contribution in [0.2, 0.25) is 0 Å². The summed E-state index contributed by atoms with van der Waals surface area (Å²) in [5, 5.41) is 7.02. The molecule has 1 unspecified atom stereocenters. The molecule has 0 radical (unpaired) electrons. The van der Waals surface area contributed by atoms with Gasteiger partial charge in [-0.1, -0.05) is 41.9 Å². The van der Waals surface area contributed by atoms with Gasteiger partial charge in [-0.15, -0.1) is 0 Å². The van der Waals surface area contributed by atoms with Gasteiger partial charge in [-0.3, -0.25) is 4.79 Å². The molecule has 1 amide bonds. The SMILES string of the molecule is CCC(NC(=O)CO/N=C(/C)c1ccc2c(c1)OCO2)c1ccc(C)cc1. The minimum absolute atomic E-state index is 0.0411. The molecule has 0 bridgehead atoms. The van der Waals surface area contributed by atoms with E-state index in [0.29, 0.717) is 17.2 Å². The van der Waals surface area contributed by atoms with E-state index < -0.39 is 0 Å². The van der Waals surface area contributed by atoms with Crippen molar-refractivity contribution in [3.63, 3.8) is 0 Å². The summed E-state index contributed by atoms with van der Waals surface area (Å²) < 4.78 is 10.6. The molecule has 2 aromatic rings. The first-order valence-corrected chi connectivity index (χ1v) is 8.99. The summed E-state index contributed by atoms with van der Waals surface area (Å²) in [5.41, 5.74) is 3.78. The van der Waals surface area contributed by atoms with E-state index in [4.69, 9.17) is 14.3 Å². The Hall–Kier alpha value is -3.02. The van der Waals surface area contributed by atoms with Gasteiger partial charge in [0.15, 0.2) is 18.1 Å². The number of oxime groups is 1. The summed E-state index contributed by atoms with van der Waals surface area (Å²) in [6.45, 7) is 5.98. The number of benzene rings is 2. The molecular weight excluding hydrogens is 344 g/mol. The normalized spacial score (nSPS) is 14.0. The smallest absolute Gasteiger partial charge is 0.261 e. The molecule has 0 fully saturated rings. The first-order valence-electron chi connectivity index (χ1n) is 8.99. The van der Waals surface area contributed by atoms with E-state index in [-0.39, 0.29) is 25.3 Å². The van der Waals surface area contributed by atoms with Crippen LogP contribution in [-0.4, -0.2) is 25.0 Å². The maximum Gasteiger partial charge on any atom is 0.261 e. The molecule has 142 valence electrons. The Labute approximate surface area is 159 Å². The molecule has 27 heavy (non-hydrogen) atoms. The maximum atomic E-state index is 12.2. The lowest BCUT2D eigenvalue weighted by Gasteiger charge is -2.17. The molecule has 0 saturated carbocycles. The van der Waals surface area contributed by atoms with Gasteiger partial charge in [0.05, 0.1) is 11.8 Å². The number of rotatable bonds is 7. The Balaban J connectivity index is 1.53. The molecule has 1 aliphatic rings. The van der Waals surface area contributed by atoms with E-state index >= 15 is 0 Å². The van der Waals surface area contributed by atoms with Crippen LogP contribution in [0.3, 0.4) is 0 Å². The van der Waals surface area contributed by atoms with Crippen molar-refractivity contribution in [1.29, 1.82) is 0 Å². The van der Waals surface area contributed by atoms with Gasteiger partial charge in [-0.05, 0) is 44.0 Å². The quantitative estimate of drug-likeness (QED) is 0.597. The number of hydrogen-bond donors (Lipinski definition) is 1. The van der Waals surface area contributed by atoms with Gasteiger partial charge < -0.3 is 19.6 Å². The van der Waals surface area contributed by atoms with E-state index in [0.717, 1.165) is 17.5 Å². The summed E-state index contributed by atoms with van der Waals surface area (Å²) >= 11 is 0. The predicted octanol–water partition coefficient (Wildman–Crippen LogP) is 3.73.